The van der Waals surface area contributed by atoms with Crippen LogP contribution in [0.4, 0.5) is 4.39 Å². The molecule has 0 aliphatic heterocycles. The Labute approximate surface area is 111 Å². The van der Waals surface area contributed by atoms with Gasteiger partial charge in [-0.05, 0) is 25.2 Å². The highest BCUT2D eigenvalue weighted by Crippen LogP contribution is 2.10. The molecule has 1 aromatic heterocycles. The van der Waals surface area contributed by atoms with Crippen LogP contribution in [0.3, 0.4) is 0 Å². The van der Waals surface area contributed by atoms with E-state index >= 15 is 0 Å². The fraction of sp³-hybridized carbons (Fsp3) is 0.267. The lowest BCUT2D eigenvalue weighted by Gasteiger charge is -2.14. The zero-order valence-corrected chi connectivity index (χ0v) is 10.8. The molecule has 2 aromatic rings. The number of benzene rings is 1. The summed E-state index contributed by atoms with van der Waals surface area (Å²) in [6.45, 7) is 1.29. The first kappa shape index (κ1) is 13.5. The van der Waals surface area contributed by atoms with Gasteiger partial charge in [0.15, 0.2) is 5.78 Å². The number of nitrogens with zero attached hydrogens (tertiary/aromatic N) is 1. The molecule has 1 heterocycles. The van der Waals surface area contributed by atoms with Gasteiger partial charge in [-0.15, -0.1) is 0 Å². The zero-order chi connectivity index (χ0) is 13.7. The van der Waals surface area contributed by atoms with Gasteiger partial charge >= 0.3 is 0 Å². The quantitative estimate of drug-likeness (QED) is 0.749. The van der Waals surface area contributed by atoms with Gasteiger partial charge in [-0.2, -0.15) is 0 Å². The summed E-state index contributed by atoms with van der Waals surface area (Å²) in [4.78, 5) is 13.9. The second-order valence-electron chi connectivity index (χ2n) is 4.52. The first-order valence-corrected chi connectivity index (χ1v) is 6.14. The standard InChI is InChI=1S/C15H16FNO2/c1-17(10-12-7-9-19-11-12)8-6-15(18)13-4-2-3-5-14(13)16/h2-5,7,9,11H,6,8,10H2,1H3. The highest BCUT2D eigenvalue weighted by Gasteiger charge is 2.11. The third-order valence-electron chi connectivity index (χ3n) is 2.93. The fourth-order valence-corrected chi connectivity index (χ4v) is 1.89. The maximum Gasteiger partial charge on any atom is 0.167 e. The second kappa shape index (κ2) is 6.29. The van der Waals surface area contributed by atoms with Crippen LogP contribution in [-0.2, 0) is 6.54 Å². The maximum absolute atomic E-state index is 13.4. The molecule has 100 valence electrons. The summed E-state index contributed by atoms with van der Waals surface area (Å²) in [5, 5.41) is 0. The lowest BCUT2D eigenvalue weighted by Crippen LogP contribution is -2.21. The molecule has 0 N–H and O–H groups in total. The van der Waals surface area contributed by atoms with Gasteiger partial charge in [-0.1, -0.05) is 12.1 Å². The summed E-state index contributed by atoms with van der Waals surface area (Å²) in [5.74, 6) is -0.623. The van der Waals surface area contributed by atoms with Crippen LogP contribution in [-0.4, -0.2) is 24.3 Å². The van der Waals surface area contributed by atoms with E-state index in [2.05, 4.69) is 0 Å². The third-order valence-corrected chi connectivity index (χ3v) is 2.93. The van der Waals surface area contributed by atoms with Crippen molar-refractivity contribution in [2.45, 2.75) is 13.0 Å². The Bertz CT molecular complexity index is 537. The van der Waals surface area contributed by atoms with E-state index in [-0.39, 0.29) is 11.3 Å². The summed E-state index contributed by atoms with van der Waals surface area (Å²) < 4.78 is 18.4. The van der Waals surface area contributed by atoms with E-state index < -0.39 is 5.82 Å². The molecule has 2 rings (SSSR count). The van der Waals surface area contributed by atoms with Crippen LogP contribution in [0.25, 0.3) is 0 Å². The van der Waals surface area contributed by atoms with Crippen molar-refractivity contribution in [3.05, 3.63) is 59.8 Å². The Balaban J connectivity index is 1.85. The molecule has 0 saturated carbocycles. The molecule has 0 radical (unpaired) electrons. The maximum atomic E-state index is 13.4. The third kappa shape index (κ3) is 3.76. The zero-order valence-electron chi connectivity index (χ0n) is 10.8. The van der Waals surface area contributed by atoms with Gasteiger partial charge in [0.2, 0.25) is 0 Å². The minimum atomic E-state index is -0.454. The molecule has 0 aliphatic rings. The van der Waals surface area contributed by atoms with Crippen LogP contribution < -0.4 is 0 Å². The van der Waals surface area contributed by atoms with Gasteiger partial charge in [-0.25, -0.2) is 4.39 Å². The van der Waals surface area contributed by atoms with Crippen LogP contribution in [0.2, 0.25) is 0 Å². The molecule has 4 heteroatoms. The Hall–Kier alpha value is -1.94. The molecular formula is C15H16FNO2. The number of hydrogen-bond donors (Lipinski definition) is 0. The van der Waals surface area contributed by atoms with E-state index in [1.807, 2.05) is 18.0 Å². The normalized spacial score (nSPS) is 10.9. The summed E-state index contributed by atoms with van der Waals surface area (Å²) in [5.41, 5.74) is 1.22. The van der Waals surface area contributed by atoms with Crippen molar-refractivity contribution in [2.24, 2.45) is 0 Å². The monoisotopic (exact) mass is 261 g/mol. The molecule has 0 amide bonds. The van der Waals surface area contributed by atoms with E-state index in [4.69, 9.17) is 4.42 Å². The average Bonchev–Trinajstić information content (AvgIpc) is 2.89. The van der Waals surface area contributed by atoms with Crippen molar-refractivity contribution in [2.75, 3.05) is 13.6 Å². The first-order valence-electron chi connectivity index (χ1n) is 6.14. The number of rotatable bonds is 6. The SMILES string of the molecule is CN(CCC(=O)c1ccccc1F)Cc1ccoc1. The summed E-state index contributed by atoms with van der Waals surface area (Å²) >= 11 is 0. The molecule has 19 heavy (non-hydrogen) atoms. The second-order valence-corrected chi connectivity index (χ2v) is 4.52. The van der Waals surface area contributed by atoms with Gasteiger partial charge in [0.1, 0.15) is 5.82 Å². The van der Waals surface area contributed by atoms with Crippen LogP contribution in [0.5, 0.6) is 0 Å². The topological polar surface area (TPSA) is 33.5 Å². The van der Waals surface area contributed by atoms with Gasteiger partial charge < -0.3 is 9.32 Å². The largest absolute Gasteiger partial charge is 0.472 e. The van der Waals surface area contributed by atoms with E-state index in [0.717, 1.165) is 5.56 Å². The number of carbonyl (C=O) groups excluding carboxylic acids is 1. The van der Waals surface area contributed by atoms with Crippen LogP contribution in [0.1, 0.15) is 22.3 Å². The van der Waals surface area contributed by atoms with Crippen LogP contribution in [0, 0.1) is 5.82 Å². The summed E-state index contributed by atoms with van der Waals surface area (Å²) in [7, 11) is 1.92. The number of hydrogen-bond acceptors (Lipinski definition) is 3. The van der Waals surface area contributed by atoms with Gasteiger partial charge in [0.05, 0.1) is 18.1 Å². The minimum Gasteiger partial charge on any atom is -0.472 e. The highest BCUT2D eigenvalue weighted by molar-refractivity contribution is 5.96. The molecule has 1 aromatic carbocycles. The lowest BCUT2D eigenvalue weighted by molar-refractivity contribution is 0.0964. The Morgan fingerprint density at radius 1 is 1.32 bits per heavy atom. The summed E-state index contributed by atoms with van der Waals surface area (Å²) in [6, 6.07) is 7.97. The van der Waals surface area contributed by atoms with E-state index in [0.29, 0.717) is 19.5 Å². The van der Waals surface area contributed by atoms with Crippen molar-refractivity contribution in [1.29, 1.82) is 0 Å². The van der Waals surface area contributed by atoms with Gasteiger partial charge in [0.25, 0.3) is 0 Å². The number of Topliss-reactive ketones (excluding diaryl/α,β-unsaturated/α-hetero) is 1. The van der Waals surface area contributed by atoms with Crippen molar-refractivity contribution in [1.82, 2.24) is 4.90 Å². The number of ketones is 1. The Morgan fingerprint density at radius 3 is 2.79 bits per heavy atom. The molecule has 0 bridgehead atoms. The van der Waals surface area contributed by atoms with Crippen molar-refractivity contribution >= 4 is 5.78 Å². The Morgan fingerprint density at radius 2 is 2.11 bits per heavy atom. The van der Waals surface area contributed by atoms with Gasteiger partial charge in [0, 0.05) is 25.1 Å². The smallest absolute Gasteiger partial charge is 0.167 e. The lowest BCUT2D eigenvalue weighted by atomic mass is 10.1. The predicted octanol–water partition coefficient (Wildman–Crippen LogP) is 3.12. The van der Waals surface area contributed by atoms with Crippen molar-refractivity contribution in [3.8, 4) is 0 Å². The first-order chi connectivity index (χ1) is 9.16. The molecule has 0 fully saturated rings. The van der Waals surface area contributed by atoms with Crippen molar-refractivity contribution in [3.63, 3.8) is 0 Å². The van der Waals surface area contributed by atoms with Crippen LogP contribution >= 0.6 is 0 Å². The van der Waals surface area contributed by atoms with Crippen molar-refractivity contribution < 1.29 is 13.6 Å². The minimum absolute atomic E-state index is 0.166. The molecule has 0 aliphatic carbocycles. The molecule has 0 unspecified atom stereocenters. The van der Waals surface area contributed by atoms with E-state index in [9.17, 15) is 9.18 Å². The number of furan rings is 1. The summed E-state index contributed by atoms with van der Waals surface area (Å²) in [6.07, 6.45) is 3.60. The van der Waals surface area contributed by atoms with Crippen LogP contribution in [0.15, 0.2) is 47.3 Å². The predicted molar refractivity (Wildman–Crippen MR) is 70.4 cm³/mol. The number of carbonyl (C=O) groups is 1. The Kier molecular flexibility index (Phi) is 4.47. The number of halogens is 1. The van der Waals surface area contributed by atoms with Gasteiger partial charge in [-0.3, -0.25) is 4.79 Å². The molecule has 0 spiro atoms. The van der Waals surface area contributed by atoms with E-state index in [1.165, 1.54) is 12.1 Å². The van der Waals surface area contributed by atoms with E-state index in [1.54, 1.807) is 24.7 Å². The fourth-order valence-electron chi connectivity index (χ4n) is 1.89. The molecule has 3 nitrogen and oxygen atoms in total. The molecule has 0 atom stereocenters. The molecular weight excluding hydrogens is 245 g/mol. The highest BCUT2D eigenvalue weighted by atomic mass is 19.1. The average molecular weight is 261 g/mol. The molecule has 0 saturated heterocycles.